The predicted octanol–water partition coefficient (Wildman–Crippen LogP) is 1.31. The van der Waals surface area contributed by atoms with Gasteiger partial charge in [0.05, 0.1) is 18.6 Å². The summed E-state index contributed by atoms with van der Waals surface area (Å²) >= 11 is 6.18. The maximum absolute atomic E-state index is 10.3. The van der Waals surface area contributed by atoms with E-state index in [2.05, 4.69) is 15.3 Å². The van der Waals surface area contributed by atoms with Crippen molar-refractivity contribution in [1.29, 1.82) is 0 Å². The van der Waals surface area contributed by atoms with Crippen LogP contribution >= 0.6 is 11.6 Å². The van der Waals surface area contributed by atoms with E-state index in [1.54, 1.807) is 6.07 Å². The van der Waals surface area contributed by atoms with E-state index < -0.39 is 31.1 Å². The number of anilines is 1. The molecule has 4 N–H and O–H groups in total. The van der Waals surface area contributed by atoms with Gasteiger partial charge in [0.15, 0.2) is 11.9 Å². The number of nitrogens with zero attached hydrogens (tertiary/aromatic N) is 3. The predicted molar refractivity (Wildman–Crippen MR) is 99.3 cm³/mol. The summed E-state index contributed by atoms with van der Waals surface area (Å²) in [6.07, 6.45) is -2.75. The number of ether oxygens (including phenoxy) is 1. The Morgan fingerprint density at radius 1 is 1.19 bits per heavy atom. The van der Waals surface area contributed by atoms with Gasteiger partial charge in [-0.05, 0) is 5.56 Å². The van der Waals surface area contributed by atoms with Crippen molar-refractivity contribution in [3.8, 4) is 0 Å². The molecule has 0 amide bonds. The Balaban J connectivity index is 1.66. The second-order valence-electron chi connectivity index (χ2n) is 6.38. The normalized spacial score (nSPS) is 25.2. The molecule has 4 atom stereocenters. The van der Waals surface area contributed by atoms with Crippen molar-refractivity contribution in [3.05, 3.63) is 53.4 Å². The molecule has 1 fully saturated rings. The van der Waals surface area contributed by atoms with Crippen LogP contribution in [0.15, 0.2) is 42.7 Å². The van der Waals surface area contributed by atoms with E-state index in [-0.39, 0.29) is 5.15 Å². The van der Waals surface area contributed by atoms with Gasteiger partial charge in [-0.1, -0.05) is 41.9 Å². The fourth-order valence-corrected chi connectivity index (χ4v) is 3.39. The molecule has 0 radical (unpaired) electrons. The molecule has 9 heteroatoms. The van der Waals surface area contributed by atoms with Gasteiger partial charge in [-0.3, -0.25) is 4.57 Å². The number of rotatable bonds is 5. The molecule has 0 spiro atoms. The third-order valence-electron chi connectivity index (χ3n) is 4.62. The van der Waals surface area contributed by atoms with Crippen molar-refractivity contribution in [3.63, 3.8) is 0 Å². The van der Waals surface area contributed by atoms with Crippen LogP contribution in [0.3, 0.4) is 0 Å². The van der Waals surface area contributed by atoms with Gasteiger partial charge in [0.25, 0.3) is 0 Å². The summed E-state index contributed by atoms with van der Waals surface area (Å²) in [7, 11) is 0. The minimum Gasteiger partial charge on any atom is -0.394 e. The average molecular weight is 391 g/mol. The minimum atomic E-state index is -1.22. The van der Waals surface area contributed by atoms with Gasteiger partial charge in [0.1, 0.15) is 29.0 Å². The first-order valence-electron chi connectivity index (χ1n) is 8.52. The Bertz CT molecular complexity index is 936. The summed E-state index contributed by atoms with van der Waals surface area (Å²) in [5.74, 6) is 0. The molecule has 3 heterocycles. The molecule has 8 nitrogen and oxygen atoms in total. The number of benzene rings is 1. The number of imidazole rings is 1. The number of aliphatic hydroxyl groups is 3. The number of hydrogen-bond donors (Lipinski definition) is 4. The van der Waals surface area contributed by atoms with E-state index in [4.69, 9.17) is 16.3 Å². The molecule has 2 aromatic heterocycles. The summed E-state index contributed by atoms with van der Waals surface area (Å²) < 4.78 is 7.08. The second kappa shape index (κ2) is 7.41. The zero-order valence-electron chi connectivity index (χ0n) is 14.2. The second-order valence-corrected chi connectivity index (χ2v) is 6.77. The van der Waals surface area contributed by atoms with Crippen LogP contribution in [-0.2, 0) is 11.3 Å². The molecule has 1 unspecified atom stereocenters. The number of nitrogens with one attached hydrogen (secondary N) is 1. The molecule has 1 aliphatic heterocycles. The van der Waals surface area contributed by atoms with Crippen LogP contribution in [0.2, 0.25) is 5.15 Å². The van der Waals surface area contributed by atoms with Gasteiger partial charge in [0, 0.05) is 12.6 Å². The third kappa shape index (κ3) is 3.38. The first-order valence-corrected chi connectivity index (χ1v) is 8.89. The first-order chi connectivity index (χ1) is 13.1. The monoisotopic (exact) mass is 390 g/mol. The summed E-state index contributed by atoms with van der Waals surface area (Å²) in [5.41, 5.74) is 2.77. The standard InChI is InChI=1S/C18H19ClN4O4/c19-13-6-11(20-7-10-4-2-1-3-5-10)14-17(22-13)23(9-21-14)18-16(26)15(25)12(8-24)27-18/h1-6,9,12,15-16,18,24-26H,7-8H2,(H,20,22)/t12-,15?,16+,18-/m1/s1. The SMILES string of the molecule is OC[C@H]1O[C@@H](n2cnc3c(NCc4ccccc4)cc(Cl)nc32)[C@@H](O)C1O. The molecule has 0 aliphatic carbocycles. The summed E-state index contributed by atoms with van der Waals surface area (Å²) in [6.45, 7) is 0.177. The lowest BCUT2D eigenvalue weighted by atomic mass is 10.1. The van der Waals surface area contributed by atoms with Gasteiger partial charge in [-0.15, -0.1) is 0 Å². The lowest BCUT2D eigenvalue weighted by Crippen LogP contribution is -2.33. The fourth-order valence-electron chi connectivity index (χ4n) is 3.20. The number of hydrogen-bond acceptors (Lipinski definition) is 7. The molecule has 1 saturated heterocycles. The molecular weight excluding hydrogens is 372 g/mol. The summed E-state index contributed by atoms with van der Waals surface area (Å²) in [6, 6.07) is 11.6. The molecule has 0 saturated carbocycles. The van der Waals surface area contributed by atoms with Crippen LogP contribution in [0.5, 0.6) is 0 Å². The summed E-state index contributed by atoms with van der Waals surface area (Å²) in [4.78, 5) is 8.67. The number of halogens is 1. The molecule has 3 aromatic rings. The van der Waals surface area contributed by atoms with E-state index in [1.165, 1.54) is 10.9 Å². The highest BCUT2D eigenvalue weighted by Crippen LogP contribution is 2.33. The highest BCUT2D eigenvalue weighted by molar-refractivity contribution is 6.30. The third-order valence-corrected chi connectivity index (χ3v) is 4.81. The zero-order valence-corrected chi connectivity index (χ0v) is 15.0. The van der Waals surface area contributed by atoms with Crippen molar-refractivity contribution in [2.75, 3.05) is 11.9 Å². The highest BCUT2D eigenvalue weighted by atomic mass is 35.5. The van der Waals surface area contributed by atoms with E-state index in [9.17, 15) is 15.3 Å². The lowest BCUT2D eigenvalue weighted by molar-refractivity contribution is -0.0511. The van der Waals surface area contributed by atoms with Crippen molar-refractivity contribution in [2.45, 2.75) is 31.1 Å². The van der Waals surface area contributed by atoms with Crippen LogP contribution in [0.25, 0.3) is 11.2 Å². The molecule has 0 bridgehead atoms. The van der Waals surface area contributed by atoms with Crippen molar-refractivity contribution in [2.24, 2.45) is 0 Å². The zero-order chi connectivity index (χ0) is 19.0. The fraction of sp³-hybridized carbons (Fsp3) is 0.333. The molecule has 1 aliphatic rings. The van der Waals surface area contributed by atoms with Crippen LogP contribution in [0.1, 0.15) is 11.8 Å². The Hall–Kier alpha value is -2.23. The topological polar surface area (TPSA) is 113 Å². The van der Waals surface area contributed by atoms with E-state index in [0.29, 0.717) is 23.4 Å². The first kappa shape index (κ1) is 18.1. The van der Waals surface area contributed by atoms with Crippen molar-refractivity contribution < 1.29 is 20.1 Å². The Morgan fingerprint density at radius 2 is 1.96 bits per heavy atom. The smallest absolute Gasteiger partial charge is 0.165 e. The Labute approximate surface area is 160 Å². The Morgan fingerprint density at radius 3 is 2.67 bits per heavy atom. The average Bonchev–Trinajstić information content (AvgIpc) is 3.22. The largest absolute Gasteiger partial charge is 0.394 e. The van der Waals surface area contributed by atoms with E-state index >= 15 is 0 Å². The van der Waals surface area contributed by atoms with Gasteiger partial charge in [-0.2, -0.15) is 0 Å². The van der Waals surface area contributed by atoms with Crippen molar-refractivity contribution >= 4 is 28.5 Å². The molecule has 27 heavy (non-hydrogen) atoms. The molecule has 142 valence electrons. The Kier molecular flexibility index (Phi) is 4.98. The van der Waals surface area contributed by atoms with Gasteiger partial charge in [0.2, 0.25) is 0 Å². The molecule has 1 aromatic carbocycles. The quantitative estimate of drug-likeness (QED) is 0.486. The maximum atomic E-state index is 10.3. The number of pyridine rings is 1. The number of aromatic nitrogens is 3. The van der Waals surface area contributed by atoms with Crippen LogP contribution in [0.4, 0.5) is 5.69 Å². The van der Waals surface area contributed by atoms with Crippen LogP contribution < -0.4 is 5.32 Å². The molecule has 4 rings (SSSR count). The van der Waals surface area contributed by atoms with Crippen molar-refractivity contribution in [1.82, 2.24) is 14.5 Å². The van der Waals surface area contributed by atoms with E-state index in [0.717, 1.165) is 5.56 Å². The van der Waals surface area contributed by atoms with Gasteiger partial charge >= 0.3 is 0 Å². The number of fused-ring (bicyclic) bond motifs is 1. The van der Waals surface area contributed by atoms with Gasteiger partial charge in [-0.25, -0.2) is 9.97 Å². The molecular formula is C18H19ClN4O4. The lowest BCUT2D eigenvalue weighted by Gasteiger charge is -2.17. The van der Waals surface area contributed by atoms with Crippen LogP contribution in [0, 0.1) is 0 Å². The summed E-state index contributed by atoms with van der Waals surface area (Å²) in [5, 5.41) is 33.1. The highest BCUT2D eigenvalue weighted by Gasteiger charge is 2.44. The maximum Gasteiger partial charge on any atom is 0.165 e. The van der Waals surface area contributed by atoms with Crippen LogP contribution in [-0.4, -0.2) is 54.8 Å². The van der Waals surface area contributed by atoms with E-state index in [1.807, 2.05) is 30.3 Å². The minimum absolute atomic E-state index is 0.256. The van der Waals surface area contributed by atoms with Gasteiger partial charge < -0.3 is 25.4 Å². The number of aliphatic hydroxyl groups excluding tert-OH is 3.